The fourth-order valence-electron chi connectivity index (χ4n) is 2.40. The average Bonchev–Trinajstić information content (AvgIpc) is 3.01. The quantitative estimate of drug-likeness (QED) is 0.429. The Hall–Kier alpha value is -3.08. The summed E-state index contributed by atoms with van der Waals surface area (Å²) < 4.78 is 7.79. The molecular formula is C16H11N3O2. The van der Waals surface area contributed by atoms with Gasteiger partial charge in [0.2, 0.25) is 0 Å². The van der Waals surface area contributed by atoms with E-state index in [1.54, 1.807) is 12.4 Å². The highest BCUT2D eigenvalue weighted by atomic mass is 16.4. The lowest BCUT2D eigenvalue weighted by molar-refractivity contribution is 0.302. The van der Waals surface area contributed by atoms with Gasteiger partial charge in [0.15, 0.2) is 5.76 Å². The van der Waals surface area contributed by atoms with Gasteiger partial charge < -0.3 is 14.0 Å². The first-order valence-electron chi connectivity index (χ1n) is 6.49. The topological polar surface area (TPSA) is 63.0 Å². The molecule has 0 amide bonds. The lowest BCUT2D eigenvalue weighted by atomic mass is 10.2. The minimum Gasteiger partial charge on any atom is -0.454 e. The van der Waals surface area contributed by atoms with Gasteiger partial charge in [-0.3, -0.25) is 0 Å². The largest absolute Gasteiger partial charge is 0.454 e. The van der Waals surface area contributed by atoms with E-state index in [1.165, 1.54) is 0 Å². The minimum absolute atomic E-state index is 0.462. The number of hydrogen-bond donors (Lipinski definition) is 1. The van der Waals surface area contributed by atoms with Gasteiger partial charge in [-0.25, -0.2) is 4.98 Å². The van der Waals surface area contributed by atoms with Crippen LogP contribution in [0.15, 0.2) is 70.6 Å². The van der Waals surface area contributed by atoms with Crippen LogP contribution in [-0.2, 0) is 0 Å². The molecule has 5 heteroatoms. The maximum absolute atomic E-state index is 9.20. The molecule has 0 radical (unpaired) electrons. The summed E-state index contributed by atoms with van der Waals surface area (Å²) in [5.41, 5.74) is 2.36. The second kappa shape index (κ2) is 4.49. The highest BCUT2D eigenvalue weighted by Crippen LogP contribution is 2.21. The summed E-state index contributed by atoms with van der Waals surface area (Å²) in [6.45, 7) is 0. The molecule has 3 heterocycles. The molecule has 102 valence electrons. The second-order valence-electron chi connectivity index (χ2n) is 4.71. The first kappa shape index (κ1) is 11.7. The lowest BCUT2D eigenvalue weighted by Gasteiger charge is -2.04. The van der Waals surface area contributed by atoms with Crippen LogP contribution in [0.2, 0.25) is 0 Å². The Kier molecular flexibility index (Phi) is 2.50. The molecule has 0 aliphatic carbocycles. The molecule has 21 heavy (non-hydrogen) atoms. The van der Waals surface area contributed by atoms with Crippen molar-refractivity contribution in [1.82, 2.24) is 9.38 Å². The van der Waals surface area contributed by atoms with Crippen molar-refractivity contribution in [3.8, 4) is 11.5 Å². The Morgan fingerprint density at radius 2 is 2.00 bits per heavy atom. The number of rotatable bonds is 1. The van der Waals surface area contributed by atoms with Crippen LogP contribution in [0.5, 0.6) is 0 Å². The molecule has 0 saturated carbocycles. The Morgan fingerprint density at radius 3 is 2.90 bits per heavy atom. The summed E-state index contributed by atoms with van der Waals surface area (Å²) in [4.78, 5) is 4.38. The van der Waals surface area contributed by atoms with Gasteiger partial charge in [0.25, 0.3) is 0 Å². The van der Waals surface area contributed by atoms with E-state index < -0.39 is 0 Å². The van der Waals surface area contributed by atoms with Crippen LogP contribution >= 0.6 is 0 Å². The minimum atomic E-state index is 0.462. The maximum Gasteiger partial charge on any atom is 0.155 e. The van der Waals surface area contributed by atoms with Crippen LogP contribution in [0, 0.1) is 0 Å². The predicted molar refractivity (Wildman–Crippen MR) is 77.7 cm³/mol. The zero-order chi connectivity index (χ0) is 14.2. The highest BCUT2D eigenvalue weighted by Gasteiger charge is 2.07. The molecule has 0 saturated heterocycles. The Bertz CT molecular complexity index is 1010. The van der Waals surface area contributed by atoms with Gasteiger partial charge in [0.05, 0.1) is 6.33 Å². The molecule has 4 aromatic rings. The fraction of sp³-hybridized carbons (Fsp3) is 0. The number of nitrogens with zero attached hydrogens (tertiary/aromatic N) is 3. The number of benzene rings is 1. The monoisotopic (exact) mass is 277 g/mol. The molecule has 0 fully saturated rings. The molecule has 0 unspecified atom stereocenters. The van der Waals surface area contributed by atoms with Crippen molar-refractivity contribution in [2.45, 2.75) is 0 Å². The molecule has 0 aliphatic heterocycles. The average molecular weight is 277 g/mol. The first-order chi connectivity index (χ1) is 10.3. The highest BCUT2D eigenvalue weighted by molar-refractivity contribution is 5.78. The molecule has 0 bridgehead atoms. The number of hydrogen-bond acceptors (Lipinski definition) is 4. The SMILES string of the molecule is O/N=c1\cc(-c2cc3cccn3cn2)oc2ccccc12. The van der Waals surface area contributed by atoms with Crippen molar-refractivity contribution >= 4 is 16.5 Å². The van der Waals surface area contributed by atoms with Crippen molar-refractivity contribution < 1.29 is 9.62 Å². The summed E-state index contributed by atoms with van der Waals surface area (Å²) in [7, 11) is 0. The molecule has 0 atom stereocenters. The summed E-state index contributed by atoms with van der Waals surface area (Å²) in [6, 6.07) is 15.0. The van der Waals surface area contributed by atoms with E-state index in [0.29, 0.717) is 22.4 Å². The zero-order valence-electron chi connectivity index (χ0n) is 11.0. The number of aromatic nitrogens is 2. The van der Waals surface area contributed by atoms with E-state index in [9.17, 15) is 5.21 Å². The van der Waals surface area contributed by atoms with Gasteiger partial charge in [-0.05, 0) is 30.3 Å². The van der Waals surface area contributed by atoms with Crippen LogP contribution in [0.25, 0.3) is 27.9 Å². The van der Waals surface area contributed by atoms with E-state index in [4.69, 9.17) is 4.42 Å². The van der Waals surface area contributed by atoms with Crippen molar-refractivity contribution in [1.29, 1.82) is 0 Å². The van der Waals surface area contributed by atoms with Crippen molar-refractivity contribution in [3.63, 3.8) is 0 Å². The van der Waals surface area contributed by atoms with Gasteiger partial charge in [-0.15, -0.1) is 0 Å². The van der Waals surface area contributed by atoms with Crippen LogP contribution in [-0.4, -0.2) is 14.6 Å². The van der Waals surface area contributed by atoms with E-state index in [-0.39, 0.29) is 0 Å². The van der Waals surface area contributed by atoms with Crippen molar-refractivity contribution in [2.24, 2.45) is 5.16 Å². The van der Waals surface area contributed by atoms with E-state index in [1.807, 2.05) is 53.1 Å². The predicted octanol–water partition coefficient (Wildman–Crippen LogP) is 3.04. The Balaban J connectivity index is 2.01. The maximum atomic E-state index is 9.20. The molecular weight excluding hydrogens is 266 g/mol. The molecule has 1 aromatic carbocycles. The van der Waals surface area contributed by atoms with E-state index in [0.717, 1.165) is 10.9 Å². The fourth-order valence-corrected chi connectivity index (χ4v) is 2.40. The molecule has 5 nitrogen and oxygen atoms in total. The summed E-state index contributed by atoms with van der Waals surface area (Å²) >= 11 is 0. The normalized spacial score (nSPS) is 12.3. The third-order valence-corrected chi connectivity index (χ3v) is 3.43. The molecule has 0 spiro atoms. The summed E-state index contributed by atoms with van der Waals surface area (Å²) in [6.07, 6.45) is 3.66. The third-order valence-electron chi connectivity index (χ3n) is 3.43. The summed E-state index contributed by atoms with van der Waals surface area (Å²) in [5, 5.41) is 13.8. The van der Waals surface area contributed by atoms with Gasteiger partial charge in [-0.2, -0.15) is 0 Å². The van der Waals surface area contributed by atoms with E-state index in [2.05, 4.69) is 10.1 Å². The molecule has 4 rings (SSSR count). The van der Waals surface area contributed by atoms with Crippen molar-refractivity contribution in [2.75, 3.05) is 0 Å². The molecule has 0 aliphatic rings. The lowest BCUT2D eigenvalue weighted by Crippen LogP contribution is -2.03. The van der Waals surface area contributed by atoms with Gasteiger partial charge >= 0.3 is 0 Å². The molecule has 3 aromatic heterocycles. The van der Waals surface area contributed by atoms with Gasteiger partial charge in [0, 0.05) is 23.2 Å². The molecule has 1 N–H and O–H groups in total. The number of para-hydroxylation sites is 1. The smallest absolute Gasteiger partial charge is 0.155 e. The first-order valence-corrected chi connectivity index (χ1v) is 6.49. The van der Waals surface area contributed by atoms with E-state index >= 15 is 0 Å². The second-order valence-corrected chi connectivity index (χ2v) is 4.71. The third kappa shape index (κ3) is 1.87. The van der Waals surface area contributed by atoms with Gasteiger partial charge in [-0.1, -0.05) is 17.3 Å². The van der Waals surface area contributed by atoms with Crippen molar-refractivity contribution in [3.05, 3.63) is 66.4 Å². The number of fused-ring (bicyclic) bond motifs is 2. The zero-order valence-corrected chi connectivity index (χ0v) is 11.0. The van der Waals surface area contributed by atoms with Crippen LogP contribution in [0.4, 0.5) is 0 Å². The van der Waals surface area contributed by atoms with Crippen LogP contribution in [0.1, 0.15) is 0 Å². The summed E-state index contributed by atoms with van der Waals surface area (Å²) in [5.74, 6) is 0.560. The van der Waals surface area contributed by atoms with Crippen LogP contribution in [0.3, 0.4) is 0 Å². The Morgan fingerprint density at radius 1 is 1.10 bits per heavy atom. The van der Waals surface area contributed by atoms with Gasteiger partial charge in [0.1, 0.15) is 16.6 Å². The standard InChI is InChI=1S/C16H11N3O2/c20-18-13-9-16(21-15-6-2-1-5-12(13)15)14-8-11-4-3-7-19(11)10-17-14/h1-10,20H/b18-13+. The van der Waals surface area contributed by atoms with Crippen LogP contribution < -0.4 is 5.36 Å². The Labute approximate surface area is 119 Å².